The lowest BCUT2D eigenvalue weighted by atomic mass is 10.1. The molecule has 0 unspecified atom stereocenters. The molecule has 0 aliphatic carbocycles. The molecule has 2 heterocycles. The van der Waals surface area contributed by atoms with E-state index < -0.39 is 18.0 Å². The minimum atomic E-state index is -4.70. The van der Waals surface area contributed by atoms with Crippen LogP contribution in [0.4, 0.5) is 13.2 Å². The van der Waals surface area contributed by atoms with Crippen LogP contribution in [0.1, 0.15) is 26.1 Å². The number of rotatable bonds is 4. The molecule has 3 aromatic rings. The van der Waals surface area contributed by atoms with Crippen molar-refractivity contribution in [1.82, 2.24) is 15.1 Å². The second-order valence-electron chi connectivity index (χ2n) is 4.92. The molecule has 130 valence electrons. The van der Waals surface area contributed by atoms with E-state index in [1.807, 2.05) is 6.92 Å². The summed E-state index contributed by atoms with van der Waals surface area (Å²) in [6, 6.07) is 5.66. The summed E-state index contributed by atoms with van der Waals surface area (Å²) in [4.78, 5) is 20.1. The van der Waals surface area contributed by atoms with Crippen LogP contribution in [0.15, 0.2) is 35.0 Å². The molecule has 0 spiro atoms. The van der Waals surface area contributed by atoms with Crippen molar-refractivity contribution in [3.05, 3.63) is 51.8 Å². The van der Waals surface area contributed by atoms with Gasteiger partial charge in [-0.15, -0.1) is 11.3 Å². The predicted molar refractivity (Wildman–Crippen MR) is 80.7 cm³/mol. The minimum absolute atomic E-state index is 0.103. The van der Waals surface area contributed by atoms with E-state index in [1.54, 1.807) is 6.20 Å². The van der Waals surface area contributed by atoms with E-state index >= 15 is 0 Å². The van der Waals surface area contributed by atoms with Crippen molar-refractivity contribution in [2.24, 2.45) is 0 Å². The molecule has 0 bridgehead atoms. The van der Waals surface area contributed by atoms with E-state index in [0.717, 1.165) is 9.88 Å². The average Bonchev–Trinajstić information content (AvgIpc) is 3.21. The van der Waals surface area contributed by atoms with Crippen LogP contribution < -0.4 is 0 Å². The van der Waals surface area contributed by atoms with Crippen LogP contribution in [0.2, 0.25) is 0 Å². The van der Waals surface area contributed by atoms with Crippen LogP contribution in [0.3, 0.4) is 0 Å². The van der Waals surface area contributed by atoms with E-state index in [-0.39, 0.29) is 23.6 Å². The number of thiazole rings is 1. The monoisotopic (exact) mass is 369 g/mol. The minimum Gasteiger partial charge on any atom is -0.456 e. The lowest BCUT2D eigenvalue weighted by Gasteiger charge is -2.03. The maximum atomic E-state index is 12.5. The highest BCUT2D eigenvalue weighted by molar-refractivity contribution is 7.11. The molecule has 0 aliphatic heterocycles. The van der Waals surface area contributed by atoms with Crippen LogP contribution in [0.5, 0.6) is 0 Å². The van der Waals surface area contributed by atoms with Crippen LogP contribution >= 0.6 is 11.3 Å². The molecule has 10 heteroatoms. The van der Waals surface area contributed by atoms with Crippen molar-refractivity contribution in [2.45, 2.75) is 19.7 Å². The fourth-order valence-electron chi connectivity index (χ4n) is 1.90. The van der Waals surface area contributed by atoms with Gasteiger partial charge in [0.25, 0.3) is 0 Å². The zero-order valence-corrected chi connectivity index (χ0v) is 13.5. The fourth-order valence-corrected chi connectivity index (χ4v) is 2.61. The number of carbonyl (C=O) groups is 1. The van der Waals surface area contributed by atoms with Crippen LogP contribution in [-0.4, -0.2) is 21.1 Å². The van der Waals surface area contributed by atoms with Crippen molar-refractivity contribution < 1.29 is 27.2 Å². The van der Waals surface area contributed by atoms with Gasteiger partial charge in [0.1, 0.15) is 6.61 Å². The van der Waals surface area contributed by atoms with Crippen molar-refractivity contribution in [2.75, 3.05) is 0 Å². The molecule has 6 nitrogen and oxygen atoms in total. The SMILES string of the molecule is Cc1ncc(COC(=O)c2ccc(-c3noc(C(F)(F)F)n3)cc2)s1. The molecule has 0 radical (unpaired) electrons. The molecule has 0 saturated carbocycles. The fraction of sp³-hybridized carbons (Fsp3) is 0.200. The highest BCUT2D eigenvalue weighted by Gasteiger charge is 2.38. The number of ether oxygens (including phenoxy) is 1. The molecule has 0 fully saturated rings. The van der Waals surface area contributed by atoms with Gasteiger partial charge in [0.2, 0.25) is 5.82 Å². The smallest absolute Gasteiger partial charge is 0.456 e. The van der Waals surface area contributed by atoms with Gasteiger partial charge in [0.05, 0.1) is 15.4 Å². The summed E-state index contributed by atoms with van der Waals surface area (Å²) in [6.07, 6.45) is -3.07. The number of halogens is 3. The Morgan fingerprint density at radius 3 is 2.56 bits per heavy atom. The summed E-state index contributed by atoms with van der Waals surface area (Å²) in [7, 11) is 0. The maximum Gasteiger partial charge on any atom is 0.471 e. The summed E-state index contributed by atoms with van der Waals surface area (Å²) >= 11 is 1.42. The number of aromatic nitrogens is 3. The zero-order chi connectivity index (χ0) is 18.0. The summed E-state index contributed by atoms with van der Waals surface area (Å²) in [5.74, 6) is -2.19. The van der Waals surface area contributed by atoms with Crippen molar-refractivity contribution in [1.29, 1.82) is 0 Å². The van der Waals surface area contributed by atoms with Gasteiger partial charge in [-0.1, -0.05) is 17.3 Å². The van der Waals surface area contributed by atoms with Gasteiger partial charge in [-0.3, -0.25) is 0 Å². The van der Waals surface area contributed by atoms with Gasteiger partial charge in [-0.2, -0.15) is 18.2 Å². The summed E-state index contributed by atoms with van der Waals surface area (Å²) < 4.78 is 46.7. The van der Waals surface area contributed by atoms with Crippen molar-refractivity contribution in [3.8, 4) is 11.4 Å². The van der Waals surface area contributed by atoms with E-state index in [1.165, 1.54) is 35.6 Å². The van der Waals surface area contributed by atoms with Gasteiger partial charge in [0.15, 0.2) is 0 Å². The average molecular weight is 369 g/mol. The highest BCUT2D eigenvalue weighted by Crippen LogP contribution is 2.29. The number of carbonyl (C=O) groups excluding carboxylic acids is 1. The predicted octanol–water partition coefficient (Wildman–Crippen LogP) is 3.88. The maximum absolute atomic E-state index is 12.5. The number of alkyl halides is 3. The molecular formula is C15H10F3N3O3S. The molecular weight excluding hydrogens is 359 g/mol. The van der Waals surface area contributed by atoms with Crippen molar-refractivity contribution in [3.63, 3.8) is 0 Å². The van der Waals surface area contributed by atoms with E-state index in [9.17, 15) is 18.0 Å². The molecule has 0 amide bonds. The molecule has 25 heavy (non-hydrogen) atoms. The lowest BCUT2D eigenvalue weighted by Crippen LogP contribution is -2.05. The number of hydrogen-bond donors (Lipinski definition) is 0. The van der Waals surface area contributed by atoms with E-state index in [0.29, 0.717) is 0 Å². The zero-order valence-electron chi connectivity index (χ0n) is 12.7. The lowest BCUT2D eigenvalue weighted by molar-refractivity contribution is -0.159. The summed E-state index contributed by atoms with van der Waals surface area (Å²) in [5, 5.41) is 4.15. The number of esters is 1. The molecule has 3 rings (SSSR count). The Morgan fingerprint density at radius 2 is 2.00 bits per heavy atom. The number of hydrogen-bond acceptors (Lipinski definition) is 7. The second kappa shape index (κ2) is 6.63. The number of nitrogens with zero attached hydrogens (tertiary/aromatic N) is 3. The molecule has 2 aromatic heterocycles. The van der Waals surface area contributed by atoms with Crippen LogP contribution in [0, 0.1) is 6.92 Å². The first-order valence-electron chi connectivity index (χ1n) is 6.93. The van der Waals surface area contributed by atoms with E-state index in [2.05, 4.69) is 19.6 Å². The Balaban J connectivity index is 1.67. The second-order valence-corrected chi connectivity index (χ2v) is 6.24. The Labute approximate surface area is 143 Å². The molecule has 0 N–H and O–H groups in total. The van der Waals surface area contributed by atoms with Crippen LogP contribution in [-0.2, 0) is 17.5 Å². The topological polar surface area (TPSA) is 78.1 Å². The van der Waals surface area contributed by atoms with E-state index in [4.69, 9.17) is 4.74 Å². The highest BCUT2D eigenvalue weighted by atomic mass is 32.1. The Morgan fingerprint density at radius 1 is 1.28 bits per heavy atom. The number of benzene rings is 1. The third kappa shape index (κ3) is 4.02. The third-order valence-electron chi connectivity index (χ3n) is 3.06. The first-order chi connectivity index (χ1) is 11.8. The molecule has 0 saturated heterocycles. The quantitative estimate of drug-likeness (QED) is 0.650. The third-order valence-corrected chi connectivity index (χ3v) is 3.95. The first kappa shape index (κ1) is 17.1. The number of aryl methyl sites for hydroxylation is 1. The van der Waals surface area contributed by atoms with Crippen molar-refractivity contribution >= 4 is 17.3 Å². The van der Waals surface area contributed by atoms with Gasteiger partial charge in [-0.05, 0) is 19.1 Å². The molecule has 0 atom stereocenters. The van der Waals surface area contributed by atoms with Gasteiger partial charge in [-0.25, -0.2) is 9.78 Å². The largest absolute Gasteiger partial charge is 0.471 e. The Kier molecular flexibility index (Phi) is 4.53. The van der Waals surface area contributed by atoms with Gasteiger partial charge in [0, 0.05) is 11.8 Å². The first-order valence-corrected chi connectivity index (χ1v) is 7.74. The van der Waals surface area contributed by atoms with Gasteiger partial charge < -0.3 is 9.26 Å². The summed E-state index contributed by atoms with van der Waals surface area (Å²) in [5.41, 5.74) is 0.540. The Hall–Kier alpha value is -2.75. The van der Waals surface area contributed by atoms with Crippen LogP contribution in [0.25, 0.3) is 11.4 Å². The Bertz CT molecular complexity index is 887. The van der Waals surface area contributed by atoms with Gasteiger partial charge >= 0.3 is 18.0 Å². The summed E-state index contributed by atoms with van der Waals surface area (Å²) in [6.45, 7) is 1.95. The normalized spacial score (nSPS) is 11.5. The molecule has 0 aliphatic rings. The molecule has 1 aromatic carbocycles. The standard InChI is InChI=1S/C15H10F3N3O3S/c1-8-19-6-11(25-8)7-23-13(22)10-4-2-9(3-5-10)12-20-14(24-21-12)15(16,17)18/h2-6H,7H2,1H3.